The van der Waals surface area contributed by atoms with E-state index in [4.69, 9.17) is 16.3 Å². The Morgan fingerprint density at radius 2 is 1.80 bits per heavy atom. The standard InChI is InChI=1S/C17H17ClOS/c18-10-5-11-19-17-14-7-2-1-6-13(14)12-20-16-9-4-3-8-15(16)17/h1-4,6-9,17H,5,10-12H2/t17-/m1/s1. The molecule has 3 heteroatoms. The molecule has 0 aliphatic carbocycles. The van der Waals surface area contributed by atoms with Crippen molar-refractivity contribution in [1.82, 2.24) is 0 Å². The molecular formula is C17H17ClOS. The fourth-order valence-electron chi connectivity index (χ4n) is 2.51. The summed E-state index contributed by atoms with van der Waals surface area (Å²) in [4.78, 5) is 1.32. The van der Waals surface area contributed by atoms with Crippen molar-refractivity contribution >= 4 is 23.4 Å². The summed E-state index contributed by atoms with van der Waals surface area (Å²) < 4.78 is 6.16. The van der Waals surface area contributed by atoms with Gasteiger partial charge in [-0.05, 0) is 29.2 Å². The molecule has 0 spiro atoms. The van der Waals surface area contributed by atoms with Crippen LogP contribution in [0.1, 0.15) is 29.2 Å². The summed E-state index contributed by atoms with van der Waals surface area (Å²) in [5.74, 6) is 1.65. The number of rotatable bonds is 4. The molecule has 0 radical (unpaired) electrons. The first-order valence-corrected chi connectivity index (χ1v) is 8.39. The highest BCUT2D eigenvalue weighted by Gasteiger charge is 2.23. The van der Waals surface area contributed by atoms with Gasteiger partial charge < -0.3 is 4.74 Å². The maximum absolute atomic E-state index is 6.16. The first-order valence-electron chi connectivity index (χ1n) is 6.87. The molecule has 2 aromatic rings. The first-order chi connectivity index (χ1) is 9.90. The van der Waals surface area contributed by atoms with Crippen molar-refractivity contribution in [1.29, 1.82) is 0 Å². The quantitative estimate of drug-likeness (QED) is 0.579. The monoisotopic (exact) mass is 304 g/mol. The highest BCUT2D eigenvalue weighted by atomic mass is 35.5. The summed E-state index contributed by atoms with van der Waals surface area (Å²) in [6, 6.07) is 17.1. The molecule has 1 aliphatic rings. The molecule has 0 amide bonds. The second kappa shape index (κ2) is 6.66. The van der Waals surface area contributed by atoms with E-state index in [2.05, 4.69) is 48.5 Å². The summed E-state index contributed by atoms with van der Waals surface area (Å²) in [5, 5.41) is 0. The zero-order valence-corrected chi connectivity index (χ0v) is 12.8. The number of benzene rings is 2. The summed E-state index contributed by atoms with van der Waals surface area (Å²) in [6.45, 7) is 0.696. The van der Waals surface area contributed by atoms with Crippen LogP contribution in [0, 0.1) is 0 Å². The van der Waals surface area contributed by atoms with Crippen LogP contribution in [0.3, 0.4) is 0 Å². The van der Waals surface area contributed by atoms with Crippen LogP contribution >= 0.6 is 23.4 Å². The molecule has 1 atom stereocenters. The fraction of sp³-hybridized carbons (Fsp3) is 0.294. The van der Waals surface area contributed by atoms with Gasteiger partial charge in [0.15, 0.2) is 0 Å². The molecule has 1 nitrogen and oxygen atoms in total. The molecule has 2 aromatic carbocycles. The van der Waals surface area contributed by atoms with Crippen LogP contribution in [0.25, 0.3) is 0 Å². The van der Waals surface area contributed by atoms with Gasteiger partial charge in [0.2, 0.25) is 0 Å². The molecular weight excluding hydrogens is 288 g/mol. The lowest BCUT2D eigenvalue weighted by Crippen LogP contribution is -2.09. The van der Waals surface area contributed by atoms with E-state index in [-0.39, 0.29) is 6.10 Å². The maximum Gasteiger partial charge on any atom is 0.109 e. The SMILES string of the molecule is ClCCCO[C@@H]1c2ccccc2CSc2ccccc21. The molecule has 20 heavy (non-hydrogen) atoms. The van der Waals surface area contributed by atoms with E-state index in [1.165, 1.54) is 21.6 Å². The van der Waals surface area contributed by atoms with Gasteiger partial charge in [-0.2, -0.15) is 0 Å². The largest absolute Gasteiger partial charge is 0.369 e. The normalized spacial score (nSPS) is 17.1. The Morgan fingerprint density at radius 3 is 2.65 bits per heavy atom. The Morgan fingerprint density at radius 1 is 1.05 bits per heavy atom. The van der Waals surface area contributed by atoms with Crippen molar-refractivity contribution in [2.24, 2.45) is 0 Å². The Bertz CT molecular complexity index is 537. The van der Waals surface area contributed by atoms with Gasteiger partial charge in [-0.1, -0.05) is 42.5 Å². The van der Waals surface area contributed by atoms with Crippen LogP contribution in [0.15, 0.2) is 53.4 Å². The first kappa shape index (κ1) is 14.0. The van der Waals surface area contributed by atoms with Crippen molar-refractivity contribution in [3.63, 3.8) is 0 Å². The number of fused-ring (bicyclic) bond motifs is 2. The third-order valence-corrected chi connectivity index (χ3v) is 4.89. The van der Waals surface area contributed by atoms with Crippen LogP contribution in [-0.4, -0.2) is 12.5 Å². The van der Waals surface area contributed by atoms with Crippen LogP contribution in [0.2, 0.25) is 0 Å². The van der Waals surface area contributed by atoms with Crippen molar-refractivity contribution in [2.45, 2.75) is 23.2 Å². The molecule has 0 unspecified atom stereocenters. The van der Waals surface area contributed by atoms with Gasteiger partial charge in [0, 0.05) is 23.1 Å². The third kappa shape index (κ3) is 2.88. The average Bonchev–Trinajstić information content (AvgIpc) is 2.66. The lowest BCUT2D eigenvalue weighted by atomic mass is 9.97. The van der Waals surface area contributed by atoms with Crippen LogP contribution in [0.4, 0.5) is 0 Å². The molecule has 0 bridgehead atoms. The lowest BCUT2D eigenvalue weighted by molar-refractivity contribution is 0.0792. The van der Waals surface area contributed by atoms with Crippen molar-refractivity contribution < 1.29 is 4.74 Å². The summed E-state index contributed by atoms with van der Waals surface area (Å²) >= 11 is 7.66. The molecule has 0 saturated heterocycles. The minimum absolute atomic E-state index is 0.0283. The number of alkyl halides is 1. The van der Waals surface area contributed by atoms with Crippen LogP contribution in [-0.2, 0) is 10.5 Å². The molecule has 0 saturated carbocycles. The van der Waals surface area contributed by atoms with E-state index in [1.54, 1.807) is 0 Å². The Labute approximate surface area is 129 Å². The minimum Gasteiger partial charge on any atom is -0.369 e. The van der Waals surface area contributed by atoms with E-state index in [9.17, 15) is 0 Å². The minimum atomic E-state index is 0.0283. The highest BCUT2D eigenvalue weighted by Crippen LogP contribution is 2.40. The van der Waals surface area contributed by atoms with Gasteiger partial charge in [-0.15, -0.1) is 23.4 Å². The van der Waals surface area contributed by atoms with E-state index in [0.29, 0.717) is 12.5 Å². The number of hydrogen-bond acceptors (Lipinski definition) is 2. The molecule has 0 N–H and O–H groups in total. The number of thioether (sulfide) groups is 1. The Balaban J connectivity index is 2.00. The average molecular weight is 305 g/mol. The molecule has 0 aromatic heterocycles. The van der Waals surface area contributed by atoms with E-state index >= 15 is 0 Å². The molecule has 1 heterocycles. The second-order valence-electron chi connectivity index (χ2n) is 4.82. The van der Waals surface area contributed by atoms with Gasteiger partial charge in [0.25, 0.3) is 0 Å². The number of hydrogen-bond donors (Lipinski definition) is 0. The number of halogens is 1. The topological polar surface area (TPSA) is 9.23 Å². The zero-order chi connectivity index (χ0) is 13.8. The summed E-state index contributed by atoms with van der Waals surface area (Å²) in [6.07, 6.45) is 0.913. The lowest BCUT2D eigenvalue weighted by Gasteiger charge is -2.20. The molecule has 104 valence electrons. The predicted molar refractivity (Wildman–Crippen MR) is 85.6 cm³/mol. The van der Waals surface area contributed by atoms with Crippen molar-refractivity contribution in [2.75, 3.05) is 12.5 Å². The van der Waals surface area contributed by atoms with E-state index < -0.39 is 0 Å². The van der Waals surface area contributed by atoms with Gasteiger partial charge in [-0.25, -0.2) is 0 Å². The van der Waals surface area contributed by atoms with Gasteiger partial charge in [-0.3, -0.25) is 0 Å². The Kier molecular flexibility index (Phi) is 4.66. The van der Waals surface area contributed by atoms with Gasteiger partial charge in [0.1, 0.15) is 6.10 Å². The zero-order valence-electron chi connectivity index (χ0n) is 11.2. The molecule has 3 rings (SSSR count). The molecule has 0 fully saturated rings. The number of ether oxygens (including phenoxy) is 1. The smallest absolute Gasteiger partial charge is 0.109 e. The maximum atomic E-state index is 6.16. The van der Waals surface area contributed by atoms with Crippen molar-refractivity contribution in [3.05, 3.63) is 65.2 Å². The summed E-state index contributed by atoms with van der Waals surface area (Å²) in [7, 11) is 0. The van der Waals surface area contributed by atoms with Crippen LogP contribution < -0.4 is 0 Å². The van der Waals surface area contributed by atoms with Crippen molar-refractivity contribution in [3.8, 4) is 0 Å². The Hall–Kier alpha value is -0.960. The second-order valence-corrected chi connectivity index (χ2v) is 6.21. The highest BCUT2D eigenvalue weighted by molar-refractivity contribution is 7.98. The van der Waals surface area contributed by atoms with Gasteiger partial charge in [0.05, 0.1) is 0 Å². The summed E-state index contributed by atoms with van der Waals surface area (Å²) in [5.41, 5.74) is 3.93. The fourth-order valence-corrected chi connectivity index (χ4v) is 3.71. The van der Waals surface area contributed by atoms with Crippen LogP contribution in [0.5, 0.6) is 0 Å². The predicted octanol–water partition coefficient (Wildman–Crippen LogP) is 5.03. The van der Waals surface area contributed by atoms with E-state index in [1.807, 2.05) is 11.8 Å². The third-order valence-electron chi connectivity index (χ3n) is 3.48. The van der Waals surface area contributed by atoms with Gasteiger partial charge >= 0.3 is 0 Å². The van der Waals surface area contributed by atoms with E-state index in [0.717, 1.165) is 12.2 Å². The molecule has 1 aliphatic heterocycles.